The topological polar surface area (TPSA) is 155 Å². The molecule has 0 bridgehead atoms. The number of carbonyl (C=O) groups is 1. The molecule has 6 N–H and O–H groups in total. The van der Waals surface area contributed by atoms with Crippen LogP contribution in [0.4, 0.5) is 5.95 Å². The van der Waals surface area contributed by atoms with Gasteiger partial charge in [0.15, 0.2) is 6.23 Å². The minimum Gasteiger partial charge on any atom is -0.494 e. The van der Waals surface area contributed by atoms with Crippen molar-refractivity contribution in [2.24, 2.45) is 11.7 Å². The number of likely N-dealkylation sites (tertiary alicyclic amines) is 1. The van der Waals surface area contributed by atoms with E-state index in [0.717, 1.165) is 55.7 Å². The van der Waals surface area contributed by atoms with Crippen molar-refractivity contribution in [3.8, 4) is 5.75 Å². The fraction of sp³-hybridized carbons (Fsp3) is 0.500. The molecule has 2 saturated heterocycles. The van der Waals surface area contributed by atoms with E-state index in [-0.39, 0.29) is 11.8 Å². The van der Waals surface area contributed by atoms with Crippen molar-refractivity contribution < 1.29 is 29.6 Å². The van der Waals surface area contributed by atoms with Gasteiger partial charge in [-0.2, -0.15) is 0 Å². The molecule has 0 saturated carbocycles. The maximum Gasteiger partial charge on any atom is 0.220 e. The fourth-order valence-electron chi connectivity index (χ4n) is 5.37. The van der Waals surface area contributed by atoms with Crippen LogP contribution < -0.4 is 15.8 Å². The quantitative estimate of drug-likeness (QED) is 0.226. The number of ether oxygens (including phenoxy) is 2. The highest BCUT2D eigenvalue weighted by Crippen LogP contribution is 2.35. The van der Waals surface area contributed by atoms with E-state index in [2.05, 4.69) is 15.2 Å². The summed E-state index contributed by atoms with van der Waals surface area (Å²) in [4.78, 5) is 18.4. The first-order valence-electron chi connectivity index (χ1n) is 13.5. The number of nitrogens with zero attached hydrogens (tertiary/aromatic N) is 3. The molecule has 0 aliphatic carbocycles. The van der Waals surface area contributed by atoms with E-state index in [0.29, 0.717) is 24.6 Å². The highest BCUT2D eigenvalue weighted by Gasteiger charge is 2.44. The van der Waals surface area contributed by atoms with E-state index in [1.54, 1.807) is 4.57 Å². The number of amides is 1. The maximum absolute atomic E-state index is 11.3. The predicted octanol–water partition coefficient (Wildman–Crippen LogP) is 1.23. The first-order chi connectivity index (χ1) is 18.9. The number of hydrogen-bond acceptors (Lipinski definition) is 9. The molecule has 4 atom stereocenters. The van der Waals surface area contributed by atoms with Crippen LogP contribution in [0.3, 0.4) is 0 Å². The van der Waals surface area contributed by atoms with Crippen molar-refractivity contribution in [2.45, 2.75) is 50.3 Å². The van der Waals surface area contributed by atoms with Gasteiger partial charge in [-0.15, -0.1) is 0 Å². The molecule has 11 nitrogen and oxygen atoms in total. The molecule has 3 heterocycles. The van der Waals surface area contributed by atoms with Crippen LogP contribution in [-0.2, 0) is 16.1 Å². The van der Waals surface area contributed by atoms with Gasteiger partial charge in [0.2, 0.25) is 11.9 Å². The maximum atomic E-state index is 11.3. The lowest BCUT2D eigenvalue weighted by Crippen LogP contribution is -2.39. The number of aliphatic hydroxyl groups excluding tert-OH is 3. The van der Waals surface area contributed by atoms with Gasteiger partial charge in [-0.05, 0) is 62.2 Å². The van der Waals surface area contributed by atoms with Crippen molar-refractivity contribution in [1.82, 2.24) is 14.5 Å². The molecule has 210 valence electrons. The summed E-state index contributed by atoms with van der Waals surface area (Å²) in [6.45, 7) is 3.34. The minimum atomic E-state index is -1.22. The van der Waals surface area contributed by atoms with Crippen molar-refractivity contribution in [2.75, 3.05) is 38.2 Å². The second-order valence-corrected chi connectivity index (χ2v) is 10.2. The Morgan fingerprint density at radius 1 is 1.13 bits per heavy atom. The summed E-state index contributed by atoms with van der Waals surface area (Å²) in [5.74, 6) is 1.07. The summed E-state index contributed by atoms with van der Waals surface area (Å²) >= 11 is 0. The molecule has 3 aromatic rings. The second kappa shape index (κ2) is 12.3. The lowest BCUT2D eigenvalue weighted by Gasteiger charge is -2.30. The third-order valence-electron chi connectivity index (χ3n) is 7.59. The summed E-state index contributed by atoms with van der Waals surface area (Å²) in [6.07, 6.45) is -1.66. The summed E-state index contributed by atoms with van der Waals surface area (Å²) in [7, 11) is 0. The molecular weight excluding hydrogens is 502 g/mol. The van der Waals surface area contributed by atoms with Crippen LogP contribution in [0, 0.1) is 5.92 Å². The average Bonchev–Trinajstić information content (AvgIpc) is 3.46. The Kier molecular flexibility index (Phi) is 8.63. The lowest BCUT2D eigenvalue weighted by molar-refractivity contribution is -0.123. The molecule has 39 heavy (non-hydrogen) atoms. The van der Waals surface area contributed by atoms with E-state index < -0.39 is 31.1 Å². The van der Waals surface area contributed by atoms with Gasteiger partial charge in [0.05, 0.1) is 24.2 Å². The minimum absolute atomic E-state index is 0.00472. The van der Waals surface area contributed by atoms with Crippen molar-refractivity contribution >= 4 is 22.9 Å². The van der Waals surface area contributed by atoms with Crippen molar-refractivity contribution in [3.05, 3.63) is 54.1 Å². The largest absolute Gasteiger partial charge is 0.494 e. The van der Waals surface area contributed by atoms with E-state index >= 15 is 0 Å². The van der Waals surface area contributed by atoms with Gasteiger partial charge in [0.25, 0.3) is 0 Å². The van der Waals surface area contributed by atoms with Crippen LogP contribution >= 0.6 is 0 Å². The third kappa shape index (κ3) is 6.18. The molecule has 2 fully saturated rings. The molecule has 2 aromatic carbocycles. The number of piperidine rings is 1. The molecule has 2 aliphatic heterocycles. The predicted molar refractivity (Wildman–Crippen MR) is 145 cm³/mol. The van der Waals surface area contributed by atoms with Gasteiger partial charge >= 0.3 is 0 Å². The number of aromatic nitrogens is 2. The molecule has 0 spiro atoms. The summed E-state index contributed by atoms with van der Waals surface area (Å²) in [6, 6.07) is 15.3. The number of benzene rings is 2. The van der Waals surface area contributed by atoms with E-state index in [1.807, 2.05) is 48.5 Å². The van der Waals surface area contributed by atoms with Crippen molar-refractivity contribution in [3.63, 3.8) is 0 Å². The normalized spacial score (nSPS) is 24.3. The standard InChI is InChI=1S/C28H37N5O6/c29-26(37)19-9-12-32(13-10-19)11-4-14-38-20-6-3-5-18(15-20)16-30-28-31-21-7-1-2-8-22(21)33(28)27-25(36)24(35)23(17-34)39-27/h1-3,5-8,15,19,23-25,27,34-36H,4,9-14,16-17H2,(H2,29,37)(H,30,31)/t23-,24-,25-,27-/m1/s1. The first-order valence-corrected chi connectivity index (χ1v) is 13.5. The van der Waals surface area contributed by atoms with Crippen LogP contribution in [0.1, 0.15) is 31.1 Å². The van der Waals surface area contributed by atoms with Gasteiger partial charge in [-0.1, -0.05) is 24.3 Å². The first kappa shape index (κ1) is 27.4. The van der Waals surface area contributed by atoms with Gasteiger partial charge in [0, 0.05) is 19.0 Å². The van der Waals surface area contributed by atoms with Gasteiger partial charge in [0.1, 0.15) is 24.1 Å². The Hall–Kier alpha value is -3.22. The zero-order chi connectivity index (χ0) is 27.4. The average molecular weight is 540 g/mol. The molecule has 2 aliphatic rings. The zero-order valence-corrected chi connectivity index (χ0v) is 21.9. The van der Waals surface area contributed by atoms with Crippen LogP contribution in [0.15, 0.2) is 48.5 Å². The van der Waals surface area contributed by atoms with Crippen LogP contribution in [0.5, 0.6) is 5.75 Å². The Morgan fingerprint density at radius 2 is 1.92 bits per heavy atom. The Labute approximate surface area is 227 Å². The Bertz CT molecular complexity index is 1260. The molecule has 11 heteroatoms. The third-order valence-corrected chi connectivity index (χ3v) is 7.59. The highest BCUT2D eigenvalue weighted by molar-refractivity contribution is 5.79. The smallest absolute Gasteiger partial charge is 0.220 e. The van der Waals surface area contributed by atoms with Crippen LogP contribution in [-0.4, -0.2) is 86.8 Å². The number of rotatable bonds is 11. The summed E-state index contributed by atoms with van der Waals surface area (Å²) in [5, 5.41) is 33.8. The fourth-order valence-corrected chi connectivity index (χ4v) is 5.37. The van der Waals surface area contributed by atoms with Crippen molar-refractivity contribution in [1.29, 1.82) is 0 Å². The van der Waals surface area contributed by atoms with Gasteiger partial charge in [-0.3, -0.25) is 9.36 Å². The number of para-hydroxylation sites is 2. The number of nitrogens with one attached hydrogen (secondary N) is 1. The molecule has 0 unspecified atom stereocenters. The van der Waals surface area contributed by atoms with Gasteiger partial charge < -0.3 is 40.7 Å². The lowest BCUT2D eigenvalue weighted by atomic mass is 9.96. The Balaban J connectivity index is 1.18. The number of imidazole rings is 1. The van der Waals surface area contributed by atoms with E-state index in [1.165, 1.54) is 0 Å². The number of aliphatic hydroxyl groups is 3. The number of fused-ring (bicyclic) bond motifs is 1. The van der Waals surface area contributed by atoms with Gasteiger partial charge in [-0.25, -0.2) is 4.98 Å². The van der Waals surface area contributed by atoms with E-state index in [4.69, 9.17) is 15.2 Å². The molecule has 1 aromatic heterocycles. The van der Waals surface area contributed by atoms with Crippen LogP contribution in [0.25, 0.3) is 11.0 Å². The number of nitrogens with two attached hydrogens (primary N) is 1. The number of anilines is 1. The number of primary amides is 1. The van der Waals surface area contributed by atoms with Crippen LogP contribution in [0.2, 0.25) is 0 Å². The van der Waals surface area contributed by atoms with E-state index in [9.17, 15) is 20.1 Å². The summed E-state index contributed by atoms with van der Waals surface area (Å²) in [5.41, 5.74) is 7.86. The number of carbonyl (C=O) groups excluding carboxylic acids is 1. The molecular formula is C28H37N5O6. The monoisotopic (exact) mass is 539 g/mol. The molecule has 1 amide bonds. The molecule has 5 rings (SSSR count). The zero-order valence-electron chi connectivity index (χ0n) is 21.9. The Morgan fingerprint density at radius 3 is 2.67 bits per heavy atom. The molecule has 0 radical (unpaired) electrons. The number of hydrogen-bond donors (Lipinski definition) is 5. The highest BCUT2D eigenvalue weighted by atomic mass is 16.6. The SMILES string of the molecule is NC(=O)C1CCN(CCCOc2cccc(CNc3nc4ccccc4n3[C@@H]3O[C@H](CO)[C@@H](O)[C@H]3O)c2)CC1. The second-order valence-electron chi connectivity index (χ2n) is 10.2. The summed E-state index contributed by atoms with van der Waals surface area (Å²) < 4.78 is 13.5.